The lowest BCUT2D eigenvalue weighted by molar-refractivity contribution is -0.132. The van der Waals surface area contributed by atoms with Crippen molar-refractivity contribution in [3.63, 3.8) is 0 Å². The molecule has 1 aromatic heterocycles. The van der Waals surface area contributed by atoms with Gasteiger partial charge in [0.2, 0.25) is 11.9 Å². The fourth-order valence-corrected chi connectivity index (χ4v) is 4.04. The van der Waals surface area contributed by atoms with Crippen molar-refractivity contribution in [3.8, 4) is 11.1 Å². The maximum absolute atomic E-state index is 12.6. The summed E-state index contributed by atoms with van der Waals surface area (Å²) < 4.78 is 0. The van der Waals surface area contributed by atoms with E-state index in [0.717, 1.165) is 61.8 Å². The number of hydrogen-bond donors (Lipinski definition) is 0. The van der Waals surface area contributed by atoms with Crippen molar-refractivity contribution < 1.29 is 4.79 Å². The van der Waals surface area contributed by atoms with Gasteiger partial charge in [0, 0.05) is 51.4 Å². The van der Waals surface area contributed by atoms with Gasteiger partial charge in [0.05, 0.1) is 12.2 Å². The van der Waals surface area contributed by atoms with Crippen LogP contribution in [0.4, 0.5) is 5.95 Å². The van der Waals surface area contributed by atoms with Gasteiger partial charge in [-0.25, -0.2) is 9.97 Å². The van der Waals surface area contributed by atoms with E-state index in [1.807, 2.05) is 50.0 Å². The average Bonchev–Trinajstić information content (AvgIpc) is 2.75. The predicted molar refractivity (Wildman–Crippen MR) is 118 cm³/mol. The number of carbonyl (C=O) groups is 1. The molecule has 1 fully saturated rings. The first-order valence-electron chi connectivity index (χ1n) is 10.6. The van der Waals surface area contributed by atoms with E-state index in [9.17, 15) is 4.79 Å². The van der Waals surface area contributed by atoms with E-state index >= 15 is 0 Å². The topological polar surface area (TPSA) is 52.6 Å². The Morgan fingerprint density at radius 2 is 1.90 bits per heavy atom. The molecular formula is C23H33N5O. The number of benzene rings is 1. The molecule has 6 heteroatoms. The van der Waals surface area contributed by atoms with E-state index in [4.69, 9.17) is 4.98 Å². The second-order valence-electron chi connectivity index (χ2n) is 7.87. The number of amides is 1. The van der Waals surface area contributed by atoms with E-state index in [0.29, 0.717) is 12.5 Å². The van der Waals surface area contributed by atoms with Crippen LogP contribution in [0, 0.1) is 0 Å². The van der Waals surface area contributed by atoms with Crippen molar-refractivity contribution in [2.24, 2.45) is 0 Å². The molecule has 29 heavy (non-hydrogen) atoms. The van der Waals surface area contributed by atoms with Crippen molar-refractivity contribution in [3.05, 3.63) is 42.2 Å². The molecule has 1 aromatic carbocycles. The van der Waals surface area contributed by atoms with Crippen molar-refractivity contribution >= 4 is 11.9 Å². The molecule has 6 nitrogen and oxygen atoms in total. The third kappa shape index (κ3) is 5.12. The summed E-state index contributed by atoms with van der Waals surface area (Å²) in [6, 6.07) is 10.4. The zero-order chi connectivity index (χ0) is 20.8. The van der Waals surface area contributed by atoms with Crippen LogP contribution in [0.2, 0.25) is 0 Å². The first-order chi connectivity index (χ1) is 14.0. The number of carbonyl (C=O) groups excluding carboxylic acids is 1. The smallest absolute Gasteiger partial charge is 0.236 e. The number of piperidine rings is 1. The summed E-state index contributed by atoms with van der Waals surface area (Å²) in [4.78, 5) is 28.3. The van der Waals surface area contributed by atoms with E-state index in [1.54, 1.807) is 0 Å². The number of anilines is 1. The van der Waals surface area contributed by atoms with Gasteiger partial charge in [-0.15, -0.1) is 0 Å². The molecule has 2 heterocycles. The largest absolute Gasteiger partial charge is 0.347 e. The molecule has 0 saturated carbocycles. The van der Waals surface area contributed by atoms with Gasteiger partial charge in [-0.2, -0.15) is 0 Å². The van der Waals surface area contributed by atoms with Gasteiger partial charge in [-0.05, 0) is 38.8 Å². The van der Waals surface area contributed by atoms with E-state index < -0.39 is 0 Å². The molecule has 2 aromatic rings. The summed E-state index contributed by atoms with van der Waals surface area (Å²) >= 11 is 0. The van der Waals surface area contributed by atoms with Crippen LogP contribution in [-0.4, -0.2) is 72.5 Å². The molecular weight excluding hydrogens is 362 g/mol. The van der Waals surface area contributed by atoms with Crippen molar-refractivity contribution in [1.29, 1.82) is 0 Å². The Kier molecular flexibility index (Phi) is 7.20. The zero-order valence-corrected chi connectivity index (χ0v) is 18.1. The van der Waals surface area contributed by atoms with Gasteiger partial charge in [0.25, 0.3) is 0 Å². The molecule has 1 amide bonds. The molecule has 0 radical (unpaired) electrons. The summed E-state index contributed by atoms with van der Waals surface area (Å²) in [6.45, 7) is 7.93. The Bertz CT molecular complexity index is 804. The second kappa shape index (κ2) is 9.83. The van der Waals surface area contributed by atoms with Crippen LogP contribution in [0.15, 0.2) is 36.5 Å². The molecule has 156 valence electrons. The fraction of sp³-hybridized carbons (Fsp3) is 0.522. The number of nitrogens with zero attached hydrogens (tertiary/aromatic N) is 5. The van der Waals surface area contributed by atoms with E-state index in [1.165, 1.54) is 0 Å². The maximum Gasteiger partial charge on any atom is 0.236 e. The quantitative estimate of drug-likeness (QED) is 0.720. The highest BCUT2D eigenvalue weighted by Crippen LogP contribution is 2.33. The molecule has 1 aliphatic heterocycles. The highest BCUT2D eigenvalue weighted by Gasteiger charge is 2.27. The van der Waals surface area contributed by atoms with Crippen LogP contribution in [0.1, 0.15) is 38.3 Å². The van der Waals surface area contributed by atoms with E-state index in [-0.39, 0.29) is 5.91 Å². The minimum absolute atomic E-state index is 0.218. The fourth-order valence-electron chi connectivity index (χ4n) is 4.04. The molecule has 3 rings (SSSR count). The summed E-state index contributed by atoms with van der Waals surface area (Å²) in [5, 5.41) is 0. The Morgan fingerprint density at radius 1 is 1.17 bits per heavy atom. The number of rotatable bonds is 7. The lowest BCUT2D eigenvalue weighted by atomic mass is 9.90. The number of hydrogen-bond acceptors (Lipinski definition) is 5. The molecule has 1 aliphatic rings. The lowest BCUT2D eigenvalue weighted by Crippen LogP contribution is -2.44. The van der Waals surface area contributed by atoms with Crippen LogP contribution in [0.5, 0.6) is 0 Å². The monoisotopic (exact) mass is 395 g/mol. The Labute approximate surface area is 174 Å². The molecule has 1 saturated heterocycles. The first-order valence-corrected chi connectivity index (χ1v) is 10.6. The van der Waals surface area contributed by atoms with Gasteiger partial charge in [0.1, 0.15) is 0 Å². The number of aromatic nitrogens is 2. The standard InChI is InChI=1S/C23H33N5O/c1-5-28(6-2)21(29)17-27-14-10-13-19(16-27)22-20(18-11-8-7-9-12-18)15-24-23(25-22)26(3)4/h7-9,11-12,15,19H,5-6,10,13-14,16-17H2,1-4H3/t19-/m1/s1. The maximum atomic E-state index is 12.6. The molecule has 0 N–H and O–H groups in total. The SMILES string of the molecule is CCN(CC)C(=O)CN1CCC[C@@H](c2nc(N(C)C)ncc2-c2ccccc2)C1. The summed E-state index contributed by atoms with van der Waals surface area (Å²) in [5.41, 5.74) is 3.33. The third-order valence-electron chi connectivity index (χ3n) is 5.66. The van der Waals surface area contributed by atoms with Gasteiger partial charge < -0.3 is 9.80 Å². The summed E-state index contributed by atoms with van der Waals surface area (Å²) in [7, 11) is 3.94. The molecule has 0 unspecified atom stereocenters. The highest BCUT2D eigenvalue weighted by molar-refractivity contribution is 5.78. The molecule has 1 atom stereocenters. The first kappa shape index (κ1) is 21.2. The van der Waals surface area contributed by atoms with E-state index in [2.05, 4.69) is 34.1 Å². The van der Waals surface area contributed by atoms with Gasteiger partial charge >= 0.3 is 0 Å². The van der Waals surface area contributed by atoms with Gasteiger partial charge in [0.15, 0.2) is 0 Å². The van der Waals surface area contributed by atoms with Crippen molar-refractivity contribution in [2.45, 2.75) is 32.6 Å². The summed E-state index contributed by atoms with van der Waals surface area (Å²) in [5.74, 6) is 1.25. The van der Waals surface area contributed by atoms with Crippen molar-refractivity contribution in [1.82, 2.24) is 19.8 Å². The van der Waals surface area contributed by atoms with Crippen LogP contribution in [-0.2, 0) is 4.79 Å². The van der Waals surface area contributed by atoms with Crippen LogP contribution < -0.4 is 4.90 Å². The molecule has 0 aliphatic carbocycles. The summed E-state index contributed by atoms with van der Waals surface area (Å²) in [6.07, 6.45) is 4.11. The third-order valence-corrected chi connectivity index (χ3v) is 5.66. The Balaban J connectivity index is 1.86. The minimum atomic E-state index is 0.218. The predicted octanol–water partition coefficient (Wildman–Crippen LogP) is 3.26. The Hall–Kier alpha value is -2.47. The molecule has 0 spiro atoms. The normalized spacial score (nSPS) is 17.2. The average molecular weight is 396 g/mol. The zero-order valence-electron chi connectivity index (χ0n) is 18.1. The molecule has 0 bridgehead atoms. The van der Waals surface area contributed by atoms with Crippen LogP contribution in [0.3, 0.4) is 0 Å². The Morgan fingerprint density at radius 3 is 2.55 bits per heavy atom. The van der Waals surface area contributed by atoms with Gasteiger partial charge in [-0.3, -0.25) is 9.69 Å². The second-order valence-corrected chi connectivity index (χ2v) is 7.87. The van der Waals surface area contributed by atoms with Crippen molar-refractivity contribution in [2.75, 3.05) is 51.7 Å². The van der Waals surface area contributed by atoms with Crippen LogP contribution in [0.25, 0.3) is 11.1 Å². The highest BCUT2D eigenvalue weighted by atomic mass is 16.2. The number of likely N-dealkylation sites (tertiary alicyclic amines) is 1. The van der Waals surface area contributed by atoms with Crippen LogP contribution >= 0.6 is 0 Å². The number of likely N-dealkylation sites (N-methyl/N-ethyl adjacent to an activating group) is 1. The lowest BCUT2D eigenvalue weighted by Gasteiger charge is -2.34. The minimum Gasteiger partial charge on any atom is -0.347 e. The van der Waals surface area contributed by atoms with Gasteiger partial charge in [-0.1, -0.05) is 30.3 Å².